The Hall–Kier alpha value is -2.72. The fraction of sp³-hybridized carbons (Fsp3) is 0.350. The van der Waals surface area contributed by atoms with E-state index in [1.54, 1.807) is 22.4 Å². The number of anilines is 1. The van der Waals surface area contributed by atoms with Crippen LogP contribution in [0.1, 0.15) is 41.1 Å². The van der Waals surface area contributed by atoms with Gasteiger partial charge < -0.3 is 9.32 Å². The summed E-state index contributed by atoms with van der Waals surface area (Å²) in [5, 5.41) is 9.42. The maximum atomic E-state index is 12.8. The van der Waals surface area contributed by atoms with Crippen LogP contribution in [0.15, 0.2) is 38.3 Å². The normalized spacial score (nSPS) is 14.7. The smallest absolute Gasteiger partial charge is 0.311 e. The van der Waals surface area contributed by atoms with Crippen molar-refractivity contribution in [1.82, 2.24) is 15.1 Å². The number of benzene rings is 1. The highest BCUT2D eigenvalue weighted by molar-refractivity contribution is 7.94. The second-order valence-corrected chi connectivity index (χ2v) is 10.1. The molecule has 0 spiro atoms. The minimum atomic E-state index is -3.76. The van der Waals surface area contributed by atoms with Crippen LogP contribution in [0.3, 0.4) is 0 Å². The number of thiophene rings is 1. The number of carbonyl (C=O) groups is 1. The SMILES string of the molecule is Cc1cccc(NS(=O)(=O)c2cc(-c3nnc(C(=O)N4CCCCC4)o3)cs2)c1C. The minimum absolute atomic E-state index is 0.0731. The van der Waals surface area contributed by atoms with Gasteiger partial charge in [0.2, 0.25) is 5.89 Å². The number of sulfonamides is 1. The molecule has 1 aliphatic heterocycles. The maximum Gasteiger partial charge on any atom is 0.311 e. The molecule has 1 N–H and O–H groups in total. The van der Waals surface area contributed by atoms with E-state index < -0.39 is 10.0 Å². The van der Waals surface area contributed by atoms with Crippen LogP contribution in [0.5, 0.6) is 0 Å². The molecule has 158 valence electrons. The number of aromatic nitrogens is 2. The van der Waals surface area contributed by atoms with Gasteiger partial charge in [0.25, 0.3) is 10.0 Å². The highest BCUT2D eigenvalue weighted by atomic mass is 32.2. The summed E-state index contributed by atoms with van der Waals surface area (Å²) in [5.74, 6) is -0.232. The van der Waals surface area contributed by atoms with Crippen molar-refractivity contribution in [3.05, 3.63) is 46.7 Å². The summed E-state index contributed by atoms with van der Waals surface area (Å²) in [4.78, 5) is 14.2. The zero-order valence-electron chi connectivity index (χ0n) is 16.7. The van der Waals surface area contributed by atoms with Crippen LogP contribution in [0.4, 0.5) is 5.69 Å². The standard InChI is InChI=1S/C20H22N4O4S2/c1-13-7-6-8-16(14(13)2)23-30(26,27)17-11-15(12-29-17)18-21-22-19(28-18)20(25)24-9-4-3-5-10-24/h6-8,11-12,23H,3-5,9-10H2,1-2H3. The van der Waals surface area contributed by atoms with E-state index in [0.29, 0.717) is 24.3 Å². The lowest BCUT2D eigenvalue weighted by Crippen LogP contribution is -2.35. The van der Waals surface area contributed by atoms with Crippen molar-refractivity contribution in [2.45, 2.75) is 37.3 Å². The van der Waals surface area contributed by atoms with Crippen LogP contribution >= 0.6 is 11.3 Å². The Kier molecular flexibility index (Phi) is 5.61. The molecule has 0 aliphatic carbocycles. The highest BCUT2D eigenvalue weighted by Crippen LogP contribution is 2.30. The second-order valence-electron chi connectivity index (χ2n) is 7.27. The third-order valence-electron chi connectivity index (χ3n) is 5.19. The topological polar surface area (TPSA) is 105 Å². The Morgan fingerprint density at radius 3 is 2.70 bits per heavy atom. The van der Waals surface area contributed by atoms with Gasteiger partial charge in [-0.05, 0) is 56.4 Å². The Labute approximate surface area is 179 Å². The van der Waals surface area contributed by atoms with E-state index in [1.165, 1.54) is 6.07 Å². The summed E-state index contributed by atoms with van der Waals surface area (Å²) < 4.78 is 33.9. The van der Waals surface area contributed by atoms with E-state index in [1.807, 2.05) is 19.9 Å². The van der Waals surface area contributed by atoms with Crippen LogP contribution in [-0.2, 0) is 10.0 Å². The Morgan fingerprint density at radius 2 is 1.93 bits per heavy atom. The highest BCUT2D eigenvalue weighted by Gasteiger charge is 2.25. The molecule has 30 heavy (non-hydrogen) atoms. The van der Waals surface area contributed by atoms with E-state index >= 15 is 0 Å². The fourth-order valence-corrected chi connectivity index (χ4v) is 5.56. The molecule has 3 aromatic rings. The van der Waals surface area contributed by atoms with Gasteiger partial charge in [0.05, 0.1) is 11.3 Å². The van der Waals surface area contributed by atoms with Crippen molar-refractivity contribution >= 4 is 33.0 Å². The van der Waals surface area contributed by atoms with Gasteiger partial charge in [-0.25, -0.2) is 8.42 Å². The van der Waals surface area contributed by atoms with Gasteiger partial charge >= 0.3 is 11.8 Å². The first-order valence-electron chi connectivity index (χ1n) is 9.66. The molecular formula is C20H22N4O4S2. The van der Waals surface area contributed by atoms with Crippen molar-refractivity contribution in [3.8, 4) is 11.5 Å². The van der Waals surface area contributed by atoms with Gasteiger partial charge in [0.15, 0.2) is 0 Å². The van der Waals surface area contributed by atoms with Crippen molar-refractivity contribution < 1.29 is 17.6 Å². The van der Waals surface area contributed by atoms with Crippen LogP contribution in [0.25, 0.3) is 11.5 Å². The number of piperidine rings is 1. The third kappa shape index (κ3) is 4.10. The first-order valence-corrected chi connectivity index (χ1v) is 12.0. The van der Waals surface area contributed by atoms with Crippen LogP contribution < -0.4 is 4.72 Å². The molecule has 0 bridgehead atoms. The van der Waals surface area contributed by atoms with E-state index in [4.69, 9.17) is 4.42 Å². The summed E-state index contributed by atoms with van der Waals surface area (Å²) >= 11 is 1.05. The van der Waals surface area contributed by atoms with Crippen molar-refractivity contribution in [3.63, 3.8) is 0 Å². The molecule has 0 atom stereocenters. The molecule has 2 aromatic heterocycles. The van der Waals surface area contributed by atoms with E-state index in [0.717, 1.165) is 41.7 Å². The molecular weight excluding hydrogens is 424 g/mol. The maximum absolute atomic E-state index is 12.8. The molecule has 0 saturated carbocycles. The monoisotopic (exact) mass is 446 g/mol. The lowest BCUT2D eigenvalue weighted by molar-refractivity contribution is 0.0684. The zero-order chi connectivity index (χ0) is 21.3. The predicted molar refractivity (Wildman–Crippen MR) is 114 cm³/mol. The van der Waals surface area contributed by atoms with Crippen molar-refractivity contribution in [2.75, 3.05) is 17.8 Å². The number of carbonyl (C=O) groups excluding carboxylic acids is 1. The number of aryl methyl sites for hydroxylation is 1. The molecule has 3 heterocycles. The summed E-state index contributed by atoms with van der Waals surface area (Å²) in [6, 6.07) is 6.93. The van der Waals surface area contributed by atoms with Gasteiger partial charge in [-0.1, -0.05) is 12.1 Å². The largest absolute Gasteiger partial charge is 0.412 e. The molecule has 0 radical (unpaired) electrons. The number of likely N-dealkylation sites (tertiary alicyclic amines) is 1. The second kappa shape index (κ2) is 8.19. The number of nitrogens with one attached hydrogen (secondary N) is 1. The lowest BCUT2D eigenvalue weighted by atomic mass is 10.1. The number of hydrogen-bond donors (Lipinski definition) is 1. The lowest BCUT2D eigenvalue weighted by Gasteiger charge is -2.24. The third-order valence-corrected chi connectivity index (χ3v) is 7.99. The van der Waals surface area contributed by atoms with Crippen LogP contribution in [0.2, 0.25) is 0 Å². The number of rotatable bonds is 5. The Morgan fingerprint density at radius 1 is 1.17 bits per heavy atom. The van der Waals surface area contributed by atoms with Gasteiger partial charge in [0, 0.05) is 18.5 Å². The molecule has 1 amide bonds. The van der Waals surface area contributed by atoms with Crippen LogP contribution in [-0.4, -0.2) is 42.5 Å². The van der Waals surface area contributed by atoms with Gasteiger partial charge in [-0.15, -0.1) is 21.5 Å². The van der Waals surface area contributed by atoms with Crippen molar-refractivity contribution in [1.29, 1.82) is 0 Å². The molecule has 1 aromatic carbocycles. The molecule has 1 saturated heterocycles. The first-order chi connectivity index (χ1) is 14.3. The fourth-order valence-electron chi connectivity index (χ4n) is 3.28. The van der Waals surface area contributed by atoms with E-state index in [2.05, 4.69) is 14.9 Å². The number of nitrogens with zero attached hydrogens (tertiary/aromatic N) is 3. The van der Waals surface area contributed by atoms with Gasteiger partial charge in [-0.3, -0.25) is 9.52 Å². The van der Waals surface area contributed by atoms with Gasteiger partial charge in [-0.2, -0.15) is 0 Å². The van der Waals surface area contributed by atoms with Crippen LogP contribution in [0, 0.1) is 13.8 Å². The number of hydrogen-bond acceptors (Lipinski definition) is 7. The zero-order valence-corrected chi connectivity index (χ0v) is 18.3. The first kappa shape index (κ1) is 20.5. The summed E-state index contributed by atoms with van der Waals surface area (Å²) in [6.45, 7) is 5.16. The molecule has 1 aliphatic rings. The predicted octanol–water partition coefficient (Wildman–Crippen LogP) is 3.84. The summed E-state index contributed by atoms with van der Waals surface area (Å²) in [6.07, 6.45) is 3.04. The summed E-state index contributed by atoms with van der Waals surface area (Å²) in [5.41, 5.74) is 2.87. The Balaban J connectivity index is 1.53. The Bertz CT molecular complexity index is 1180. The minimum Gasteiger partial charge on any atom is -0.412 e. The average Bonchev–Trinajstić information content (AvgIpc) is 3.41. The molecule has 10 heteroatoms. The van der Waals surface area contributed by atoms with Gasteiger partial charge in [0.1, 0.15) is 4.21 Å². The average molecular weight is 447 g/mol. The van der Waals surface area contributed by atoms with E-state index in [9.17, 15) is 13.2 Å². The molecule has 8 nitrogen and oxygen atoms in total. The quantitative estimate of drug-likeness (QED) is 0.638. The molecule has 0 unspecified atom stereocenters. The van der Waals surface area contributed by atoms with E-state index in [-0.39, 0.29) is 21.9 Å². The number of amides is 1. The molecule has 4 rings (SSSR count). The van der Waals surface area contributed by atoms with Crippen molar-refractivity contribution in [2.24, 2.45) is 0 Å². The summed E-state index contributed by atoms with van der Waals surface area (Å²) in [7, 11) is -3.76. The molecule has 1 fully saturated rings.